The van der Waals surface area contributed by atoms with Crippen molar-refractivity contribution in [3.8, 4) is 0 Å². The van der Waals surface area contributed by atoms with Crippen LogP contribution < -0.4 is 5.32 Å². The van der Waals surface area contributed by atoms with E-state index in [9.17, 15) is 19.5 Å². The molecule has 1 aliphatic carbocycles. The number of carbonyl (C=O) groups is 3. The number of aliphatic hydroxyl groups is 1. The summed E-state index contributed by atoms with van der Waals surface area (Å²) in [5, 5.41) is 21.1. The van der Waals surface area contributed by atoms with Gasteiger partial charge < -0.3 is 15.5 Å². The molecule has 0 aromatic rings. The SMILES string of the molecule is CC1CCCC(C)C12NC(=O)N(CC(O)CC(=O)O)C2=O. The van der Waals surface area contributed by atoms with Crippen molar-refractivity contribution < 1.29 is 24.6 Å². The minimum absolute atomic E-state index is 0.0271. The van der Waals surface area contributed by atoms with E-state index < -0.39 is 30.1 Å². The molecule has 3 unspecified atom stereocenters. The van der Waals surface area contributed by atoms with Crippen molar-refractivity contribution >= 4 is 17.9 Å². The van der Waals surface area contributed by atoms with Crippen LogP contribution in [-0.2, 0) is 9.59 Å². The van der Waals surface area contributed by atoms with Crippen LogP contribution in [0.5, 0.6) is 0 Å². The largest absolute Gasteiger partial charge is 0.481 e. The lowest BCUT2D eigenvalue weighted by atomic mass is 9.67. The summed E-state index contributed by atoms with van der Waals surface area (Å²) >= 11 is 0. The number of aliphatic hydroxyl groups excluding tert-OH is 1. The van der Waals surface area contributed by atoms with Crippen LogP contribution in [-0.4, -0.2) is 51.2 Å². The van der Waals surface area contributed by atoms with E-state index in [1.165, 1.54) is 0 Å². The molecule has 7 heteroatoms. The van der Waals surface area contributed by atoms with Gasteiger partial charge in [0.1, 0.15) is 5.54 Å². The molecule has 0 radical (unpaired) electrons. The second-order valence-corrected chi connectivity index (χ2v) is 6.20. The summed E-state index contributed by atoms with van der Waals surface area (Å²) in [7, 11) is 0. The van der Waals surface area contributed by atoms with Gasteiger partial charge in [0, 0.05) is 0 Å². The third kappa shape index (κ3) is 2.62. The van der Waals surface area contributed by atoms with E-state index in [2.05, 4.69) is 5.32 Å². The van der Waals surface area contributed by atoms with Crippen LogP contribution in [0.25, 0.3) is 0 Å². The van der Waals surface area contributed by atoms with Crippen molar-refractivity contribution in [2.45, 2.75) is 51.2 Å². The number of hydrogen-bond donors (Lipinski definition) is 3. The molecule has 2 rings (SSSR count). The van der Waals surface area contributed by atoms with Gasteiger partial charge in [0.25, 0.3) is 5.91 Å². The molecule has 1 aliphatic heterocycles. The Labute approximate surface area is 123 Å². The zero-order valence-corrected chi connectivity index (χ0v) is 12.3. The summed E-state index contributed by atoms with van der Waals surface area (Å²) in [6.45, 7) is 3.62. The summed E-state index contributed by atoms with van der Waals surface area (Å²) in [4.78, 5) is 36.4. The van der Waals surface area contributed by atoms with Crippen LogP contribution in [0, 0.1) is 11.8 Å². The van der Waals surface area contributed by atoms with Gasteiger partial charge in [-0.05, 0) is 24.7 Å². The van der Waals surface area contributed by atoms with Gasteiger partial charge in [-0.2, -0.15) is 0 Å². The minimum atomic E-state index is -1.25. The van der Waals surface area contributed by atoms with Gasteiger partial charge in [0.2, 0.25) is 0 Å². The van der Waals surface area contributed by atoms with Crippen molar-refractivity contribution in [1.29, 1.82) is 0 Å². The Morgan fingerprint density at radius 2 is 1.95 bits per heavy atom. The molecule has 3 atom stereocenters. The monoisotopic (exact) mass is 298 g/mol. The Morgan fingerprint density at radius 1 is 1.38 bits per heavy atom. The number of carboxylic acids is 1. The van der Waals surface area contributed by atoms with E-state index in [0.717, 1.165) is 24.2 Å². The molecule has 2 aliphatic rings. The Hall–Kier alpha value is -1.63. The number of carbonyl (C=O) groups excluding carboxylic acids is 2. The normalized spacial score (nSPS) is 34.1. The quantitative estimate of drug-likeness (QED) is 0.658. The van der Waals surface area contributed by atoms with Gasteiger partial charge in [-0.15, -0.1) is 0 Å². The molecule has 1 saturated heterocycles. The van der Waals surface area contributed by atoms with E-state index >= 15 is 0 Å². The standard InChI is InChI=1S/C14H22N2O5/c1-8-4-3-5-9(2)14(8)12(20)16(13(21)15-14)7-10(17)6-11(18)19/h8-10,17H,3-7H2,1-2H3,(H,15,21)(H,18,19). The maximum Gasteiger partial charge on any atom is 0.325 e. The van der Waals surface area contributed by atoms with E-state index in [1.807, 2.05) is 13.8 Å². The van der Waals surface area contributed by atoms with Crippen LogP contribution >= 0.6 is 0 Å². The smallest absolute Gasteiger partial charge is 0.325 e. The molecular formula is C14H22N2O5. The van der Waals surface area contributed by atoms with Gasteiger partial charge in [-0.25, -0.2) is 4.79 Å². The highest BCUT2D eigenvalue weighted by Crippen LogP contribution is 2.42. The number of aliphatic carboxylic acids is 1. The second kappa shape index (κ2) is 5.63. The summed E-state index contributed by atoms with van der Waals surface area (Å²) in [6, 6.07) is -0.537. The first kappa shape index (κ1) is 15.8. The van der Waals surface area contributed by atoms with Crippen LogP contribution in [0.1, 0.15) is 39.5 Å². The molecule has 3 amide bonds. The van der Waals surface area contributed by atoms with Gasteiger partial charge in [0.15, 0.2) is 0 Å². The third-order valence-electron chi connectivity index (χ3n) is 4.79. The van der Waals surface area contributed by atoms with E-state index in [1.54, 1.807) is 0 Å². The number of urea groups is 1. The lowest BCUT2D eigenvalue weighted by Crippen LogP contribution is -2.59. The van der Waals surface area contributed by atoms with Crippen molar-refractivity contribution in [3.63, 3.8) is 0 Å². The highest BCUT2D eigenvalue weighted by atomic mass is 16.4. The lowest BCUT2D eigenvalue weighted by Gasteiger charge is -2.42. The number of imide groups is 1. The predicted octanol–water partition coefficient (Wildman–Crippen LogP) is 0.569. The van der Waals surface area contributed by atoms with Crippen LogP contribution in [0.4, 0.5) is 4.79 Å². The van der Waals surface area contributed by atoms with Crippen molar-refractivity contribution in [3.05, 3.63) is 0 Å². The topological polar surface area (TPSA) is 107 Å². The maximum atomic E-state index is 12.7. The molecule has 0 aromatic heterocycles. The number of nitrogens with zero attached hydrogens (tertiary/aromatic N) is 1. The minimum Gasteiger partial charge on any atom is -0.481 e. The average molecular weight is 298 g/mol. The Morgan fingerprint density at radius 3 is 2.48 bits per heavy atom. The fourth-order valence-electron chi connectivity index (χ4n) is 3.60. The number of hydrogen-bond acceptors (Lipinski definition) is 4. The number of β-amino-alcohol motifs (C(OH)–C–C–N with tert-alkyl or cyclic N) is 1. The summed E-state index contributed by atoms with van der Waals surface area (Å²) < 4.78 is 0. The second-order valence-electron chi connectivity index (χ2n) is 6.20. The number of carboxylic acid groups (broad SMARTS) is 1. The average Bonchev–Trinajstić information content (AvgIpc) is 2.61. The molecule has 1 saturated carbocycles. The highest BCUT2D eigenvalue weighted by Gasteiger charge is 2.58. The first-order valence-corrected chi connectivity index (χ1v) is 7.33. The zero-order valence-electron chi connectivity index (χ0n) is 12.3. The first-order chi connectivity index (χ1) is 9.79. The molecule has 1 spiro atoms. The summed E-state index contributed by atoms with van der Waals surface area (Å²) in [5.74, 6) is -1.45. The number of rotatable bonds is 4. The molecule has 2 fully saturated rings. The Bertz CT molecular complexity index is 454. The van der Waals surface area contributed by atoms with E-state index in [4.69, 9.17) is 5.11 Å². The summed E-state index contributed by atoms with van der Waals surface area (Å²) in [6.07, 6.45) is 1.01. The molecule has 118 valence electrons. The summed E-state index contributed by atoms with van der Waals surface area (Å²) in [5.41, 5.74) is -0.904. The van der Waals surface area contributed by atoms with Crippen LogP contribution in [0.3, 0.4) is 0 Å². The maximum absolute atomic E-state index is 12.7. The Balaban J connectivity index is 2.17. The lowest BCUT2D eigenvalue weighted by molar-refractivity contribution is -0.142. The number of nitrogens with one attached hydrogen (secondary N) is 1. The third-order valence-corrected chi connectivity index (χ3v) is 4.79. The zero-order chi connectivity index (χ0) is 15.8. The fraction of sp³-hybridized carbons (Fsp3) is 0.786. The van der Waals surface area contributed by atoms with Gasteiger partial charge >= 0.3 is 12.0 Å². The molecule has 21 heavy (non-hydrogen) atoms. The molecule has 7 nitrogen and oxygen atoms in total. The molecule has 0 aromatic carbocycles. The molecule has 0 bridgehead atoms. The Kier molecular flexibility index (Phi) is 4.22. The highest BCUT2D eigenvalue weighted by molar-refractivity contribution is 6.07. The van der Waals surface area contributed by atoms with Gasteiger partial charge in [-0.1, -0.05) is 20.3 Å². The van der Waals surface area contributed by atoms with Crippen LogP contribution in [0.15, 0.2) is 0 Å². The van der Waals surface area contributed by atoms with Gasteiger partial charge in [0.05, 0.1) is 19.1 Å². The fourth-order valence-corrected chi connectivity index (χ4v) is 3.60. The number of amides is 3. The van der Waals surface area contributed by atoms with E-state index in [0.29, 0.717) is 0 Å². The van der Waals surface area contributed by atoms with Crippen LogP contribution in [0.2, 0.25) is 0 Å². The van der Waals surface area contributed by atoms with Crippen molar-refractivity contribution in [2.75, 3.05) is 6.54 Å². The van der Waals surface area contributed by atoms with Crippen molar-refractivity contribution in [2.24, 2.45) is 11.8 Å². The van der Waals surface area contributed by atoms with E-state index in [-0.39, 0.29) is 24.3 Å². The molecular weight excluding hydrogens is 276 g/mol. The molecule has 1 heterocycles. The predicted molar refractivity (Wildman–Crippen MR) is 73.4 cm³/mol. The van der Waals surface area contributed by atoms with Crippen molar-refractivity contribution in [1.82, 2.24) is 10.2 Å². The first-order valence-electron chi connectivity index (χ1n) is 7.33. The molecule has 3 N–H and O–H groups in total. The van der Waals surface area contributed by atoms with Gasteiger partial charge in [-0.3, -0.25) is 14.5 Å².